The second-order valence-electron chi connectivity index (χ2n) is 9.43. The molecule has 0 spiro atoms. The minimum Gasteiger partial charge on any atom is -0.507 e. The van der Waals surface area contributed by atoms with Crippen molar-refractivity contribution < 1.29 is 18.3 Å². The highest BCUT2D eigenvalue weighted by Crippen LogP contribution is 2.40. The molecule has 2 saturated heterocycles. The van der Waals surface area contributed by atoms with Crippen LogP contribution in [0.15, 0.2) is 36.9 Å². The van der Waals surface area contributed by atoms with Crippen LogP contribution in [0.25, 0.3) is 22.4 Å². The van der Waals surface area contributed by atoms with Gasteiger partial charge in [-0.1, -0.05) is 0 Å². The number of piperidine rings is 1. The number of anilines is 1. The largest absolute Gasteiger partial charge is 0.507 e. The normalized spacial score (nSPS) is 26.1. The van der Waals surface area contributed by atoms with Crippen molar-refractivity contribution in [3.05, 3.63) is 42.7 Å². The molecule has 4 heterocycles. The molecule has 178 valence electrons. The summed E-state index contributed by atoms with van der Waals surface area (Å²) in [5.74, 6) is -0.165. The number of rotatable bonds is 6. The fourth-order valence-electron chi connectivity index (χ4n) is 5.37. The number of phenols is 1. The number of aromatic hydroxyl groups is 1. The molecule has 7 nitrogen and oxygen atoms in total. The number of fused-ring (bicyclic) bond motifs is 2. The third kappa shape index (κ3) is 3.70. The van der Waals surface area contributed by atoms with Crippen LogP contribution in [-0.4, -0.2) is 55.2 Å². The van der Waals surface area contributed by atoms with Crippen molar-refractivity contribution in [2.45, 2.75) is 69.2 Å². The summed E-state index contributed by atoms with van der Waals surface area (Å²) < 4.78 is 43.9. The van der Waals surface area contributed by atoms with Crippen LogP contribution >= 0.6 is 0 Å². The second kappa shape index (κ2) is 8.26. The highest BCUT2D eigenvalue weighted by Gasteiger charge is 2.48. The maximum absolute atomic E-state index is 15.3. The van der Waals surface area contributed by atoms with Crippen LogP contribution in [0, 0.1) is 5.82 Å². The third-order valence-electron chi connectivity index (χ3n) is 7.18. The molecular weight excluding hydrogens is 445 g/mol. The average molecular weight is 470 g/mol. The van der Waals surface area contributed by atoms with E-state index < -0.39 is 18.8 Å². The molecule has 2 aromatic heterocycles. The smallest absolute Gasteiger partial charge is 0.181 e. The highest BCUT2D eigenvalue weighted by molar-refractivity contribution is 5.74. The number of hydrogen-bond acceptors (Lipinski definition) is 6. The number of phenolic OH excluding ortho intramolecular Hbond substituents is 1. The van der Waals surface area contributed by atoms with E-state index >= 15 is 4.39 Å². The lowest BCUT2D eigenvalue weighted by molar-refractivity contribution is 0.171. The molecule has 1 aliphatic carbocycles. The van der Waals surface area contributed by atoms with Gasteiger partial charge in [-0.05, 0) is 44.2 Å². The molecule has 34 heavy (non-hydrogen) atoms. The number of halogens is 3. The van der Waals surface area contributed by atoms with Crippen molar-refractivity contribution in [1.29, 1.82) is 0 Å². The standard InChI is InChI=1S/C24H25F3N6O/c25-12-32-11-13(8-30-32)16-7-22(34)17(6-18(16)26)20-9-29-23(10-28-20)33(15-2-3-15)21-5-14-1-4-19(31-14)24(21)27/h6-11,14-15,19,21,24,31,34H,1-5,12H2/t14?,19-,21+,24-/m0/s1. The minimum absolute atomic E-state index is 0.104. The summed E-state index contributed by atoms with van der Waals surface area (Å²) in [4.78, 5) is 11.1. The van der Waals surface area contributed by atoms with Gasteiger partial charge in [-0.25, -0.2) is 22.8 Å². The number of nitrogens with one attached hydrogen (secondary N) is 1. The third-order valence-corrected chi connectivity index (χ3v) is 7.18. The van der Waals surface area contributed by atoms with Crippen LogP contribution in [0.4, 0.5) is 19.0 Å². The van der Waals surface area contributed by atoms with Crippen LogP contribution in [0.3, 0.4) is 0 Å². The zero-order chi connectivity index (χ0) is 23.4. The monoisotopic (exact) mass is 470 g/mol. The molecule has 1 saturated carbocycles. The predicted octanol–water partition coefficient (Wildman–Crippen LogP) is 3.98. The molecule has 6 rings (SSSR count). The molecule has 3 fully saturated rings. The van der Waals surface area contributed by atoms with Gasteiger partial charge in [-0.15, -0.1) is 0 Å². The fraction of sp³-hybridized carbons (Fsp3) is 0.458. The first-order valence-corrected chi connectivity index (χ1v) is 11.6. The van der Waals surface area contributed by atoms with Gasteiger partial charge >= 0.3 is 0 Å². The average Bonchev–Trinajstić information content (AvgIpc) is 3.41. The summed E-state index contributed by atoms with van der Waals surface area (Å²) in [6, 6.07) is 2.72. The summed E-state index contributed by atoms with van der Waals surface area (Å²) in [7, 11) is 0. The lowest BCUT2D eigenvalue weighted by atomic mass is 9.96. The van der Waals surface area contributed by atoms with Gasteiger partial charge in [0.25, 0.3) is 0 Å². The van der Waals surface area contributed by atoms with Crippen LogP contribution in [0.2, 0.25) is 0 Å². The first kappa shape index (κ1) is 21.4. The Balaban J connectivity index is 1.28. The van der Waals surface area contributed by atoms with Crippen molar-refractivity contribution in [1.82, 2.24) is 25.1 Å². The second-order valence-corrected chi connectivity index (χ2v) is 9.43. The van der Waals surface area contributed by atoms with Crippen molar-refractivity contribution in [2.75, 3.05) is 4.90 Å². The molecule has 0 amide bonds. The fourth-order valence-corrected chi connectivity index (χ4v) is 5.37. The van der Waals surface area contributed by atoms with Gasteiger partial charge in [-0.2, -0.15) is 5.10 Å². The summed E-state index contributed by atoms with van der Waals surface area (Å²) in [6.07, 6.45) is 9.42. The lowest BCUT2D eigenvalue weighted by Crippen LogP contribution is -2.57. The minimum atomic E-state index is -0.965. The summed E-state index contributed by atoms with van der Waals surface area (Å²) in [6.45, 7) is -0.826. The van der Waals surface area contributed by atoms with Gasteiger partial charge < -0.3 is 15.3 Å². The van der Waals surface area contributed by atoms with Crippen LogP contribution in [0.5, 0.6) is 5.75 Å². The van der Waals surface area contributed by atoms with E-state index in [1.54, 1.807) is 6.20 Å². The van der Waals surface area contributed by atoms with E-state index in [1.165, 1.54) is 30.7 Å². The van der Waals surface area contributed by atoms with Crippen molar-refractivity contribution in [3.8, 4) is 28.1 Å². The first-order chi connectivity index (χ1) is 16.5. The van der Waals surface area contributed by atoms with Crippen LogP contribution in [-0.2, 0) is 6.80 Å². The number of hydrogen-bond donors (Lipinski definition) is 2. The molecule has 1 unspecified atom stereocenters. The van der Waals surface area contributed by atoms with Gasteiger partial charge in [0.05, 0.1) is 30.3 Å². The first-order valence-electron chi connectivity index (χ1n) is 11.6. The Morgan fingerprint density at radius 3 is 2.65 bits per heavy atom. The molecule has 3 aromatic rings. The van der Waals surface area contributed by atoms with E-state index in [0.29, 0.717) is 23.1 Å². The van der Waals surface area contributed by atoms with E-state index in [1.807, 2.05) is 0 Å². The zero-order valence-corrected chi connectivity index (χ0v) is 18.4. The summed E-state index contributed by atoms with van der Waals surface area (Å²) in [5, 5.41) is 17.7. The molecule has 2 bridgehead atoms. The van der Waals surface area contributed by atoms with Gasteiger partial charge in [0.15, 0.2) is 6.80 Å². The quantitative estimate of drug-likeness (QED) is 0.568. The Hall–Kier alpha value is -3.14. The summed E-state index contributed by atoms with van der Waals surface area (Å²) >= 11 is 0. The van der Waals surface area contributed by atoms with E-state index in [-0.39, 0.29) is 35.0 Å². The molecule has 2 aliphatic heterocycles. The van der Waals surface area contributed by atoms with Gasteiger partial charge in [0.2, 0.25) is 0 Å². The predicted molar refractivity (Wildman–Crippen MR) is 120 cm³/mol. The Morgan fingerprint density at radius 2 is 1.94 bits per heavy atom. The molecule has 1 aromatic carbocycles. The number of benzene rings is 1. The zero-order valence-electron chi connectivity index (χ0n) is 18.4. The maximum Gasteiger partial charge on any atom is 0.181 e. The van der Waals surface area contributed by atoms with E-state index in [9.17, 15) is 13.9 Å². The topological polar surface area (TPSA) is 79.1 Å². The Kier molecular flexibility index (Phi) is 5.20. The lowest BCUT2D eigenvalue weighted by Gasteiger charge is -2.41. The Bertz CT molecular complexity index is 1200. The molecular formula is C24H25F3N6O. The molecule has 3 aliphatic rings. The maximum atomic E-state index is 15.3. The SMILES string of the molecule is Oc1cc(-c2cnn(CF)c2)c(F)cc1-c1cnc(N(C2CC2)[C@@H]2CC3CC[C@H](N3)[C@@H]2F)cn1. The van der Waals surface area contributed by atoms with Crippen LogP contribution in [0.1, 0.15) is 32.1 Å². The molecule has 2 N–H and O–H groups in total. The van der Waals surface area contributed by atoms with Crippen molar-refractivity contribution in [3.63, 3.8) is 0 Å². The number of nitrogens with zero attached hydrogens (tertiary/aromatic N) is 5. The van der Waals surface area contributed by atoms with Gasteiger partial charge in [0.1, 0.15) is 23.6 Å². The van der Waals surface area contributed by atoms with E-state index in [2.05, 4.69) is 25.3 Å². The molecule has 10 heteroatoms. The van der Waals surface area contributed by atoms with Gasteiger partial charge in [0, 0.05) is 41.0 Å². The number of alkyl halides is 2. The van der Waals surface area contributed by atoms with Crippen molar-refractivity contribution in [2.24, 2.45) is 0 Å². The number of aromatic nitrogens is 4. The van der Waals surface area contributed by atoms with Gasteiger partial charge in [-0.3, -0.25) is 4.98 Å². The summed E-state index contributed by atoms with van der Waals surface area (Å²) in [5.41, 5.74) is 0.971. The van der Waals surface area contributed by atoms with E-state index in [0.717, 1.165) is 36.8 Å². The molecule has 4 atom stereocenters. The van der Waals surface area contributed by atoms with Crippen LogP contribution < -0.4 is 10.2 Å². The van der Waals surface area contributed by atoms with Crippen molar-refractivity contribution >= 4 is 5.82 Å². The Morgan fingerprint density at radius 1 is 1.09 bits per heavy atom. The van der Waals surface area contributed by atoms with E-state index in [4.69, 9.17) is 0 Å². The Labute approximate surface area is 194 Å². The molecule has 0 radical (unpaired) electrons. The highest BCUT2D eigenvalue weighted by atomic mass is 19.1.